The monoisotopic (exact) mass is 405 g/mol. The predicted octanol–water partition coefficient (Wildman–Crippen LogP) is 0.869. The number of fused-ring (bicyclic) bond motifs is 1. The summed E-state index contributed by atoms with van der Waals surface area (Å²) >= 11 is 5.09. The molecule has 10 heteroatoms. The molecule has 0 unspecified atom stereocenters. The number of hydrogen-bond acceptors (Lipinski definition) is 6. The summed E-state index contributed by atoms with van der Waals surface area (Å²) < 4.78 is 5.84. The molecule has 2 rings (SSSR count). The van der Waals surface area contributed by atoms with E-state index in [-0.39, 0.29) is 28.8 Å². The van der Waals surface area contributed by atoms with Crippen LogP contribution in [0.25, 0.3) is 10.8 Å². The smallest absolute Gasteiger partial charge is 0.305 e. The quantitative estimate of drug-likeness (QED) is 0.269. The van der Waals surface area contributed by atoms with Crippen LogP contribution in [0.4, 0.5) is 0 Å². The zero-order valence-corrected chi connectivity index (χ0v) is 16.6. The molecular weight excluding hydrogens is 382 g/mol. The van der Waals surface area contributed by atoms with E-state index in [0.29, 0.717) is 36.7 Å². The number of ether oxygens (including phenoxy) is 1. The van der Waals surface area contributed by atoms with Gasteiger partial charge in [-0.15, -0.1) is 0 Å². The highest BCUT2D eigenvalue weighted by Crippen LogP contribution is 2.13. The van der Waals surface area contributed by atoms with Crippen LogP contribution in [-0.4, -0.2) is 40.4 Å². The number of amides is 1. The van der Waals surface area contributed by atoms with Gasteiger partial charge in [0, 0.05) is 24.9 Å². The summed E-state index contributed by atoms with van der Waals surface area (Å²) in [5, 5.41) is 8.18. The SMILES string of the molecule is CCCn1nc(C(=O)NNC(=S)NCCCC(=O)OC)c2ccccc2c1=O. The standard InChI is InChI=1S/C18H23N5O4S/c1-3-11-23-17(26)13-8-5-4-7-12(13)15(22-23)16(25)20-21-18(28)19-10-6-9-14(24)27-2/h4-5,7-8H,3,6,9-11H2,1-2H3,(H,20,25)(H2,19,21,28). The first-order chi connectivity index (χ1) is 13.5. The van der Waals surface area contributed by atoms with Crippen LogP contribution in [0.3, 0.4) is 0 Å². The van der Waals surface area contributed by atoms with Crippen molar-refractivity contribution in [2.75, 3.05) is 13.7 Å². The summed E-state index contributed by atoms with van der Waals surface area (Å²) in [5.41, 5.74) is 4.97. The van der Waals surface area contributed by atoms with E-state index < -0.39 is 5.91 Å². The van der Waals surface area contributed by atoms with Gasteiger partial charge in [0.25, 0.3) is 11.5 Å². The number of aryl methyl sites for hydroxylation is 1. The summed E-state index contributed by atoms with van der Waals surface area (Å²) in [7, 11) is 1.33. The fraction of sp³-hybridized carbons (Fsp3) is 0.389. The number of methoxy groups -OCH3 is 1. The normalized spacial score (nSPS) is 10.4. The van der Waals surface area contributed by atoms with Crippen LogP contribution in [0.2, 0.25) is 0 Å². The maximum absolute atomic E-state index is 12.6. The molecule has 0 spiro atoms. The highest BCUT2D eigenvalue weighted by Gasteiger charge is 2.16. The molecule has 1 amide bonds. The Hall–Kier alpha value is -3.01. The Morgan fingerprint density at radius 3 is 2.61 bits per heavy atom. The van der Waals surface area contributed by atoms with Gasteiger partial charge >= 0.3 is 5.97 Å². The van der Waals surface area contributed by atoms with Gasteiger partial charge < -0.3 is 10.1 Å². The lowest BCUT2D eigenvalue weighted by molar-refractivity contribution is -0.140. The third-order valence-corrected chi connectivity index (χ3v) is 4.13. The largest absolute Gasteiger partial charge is 0.469 e. The van der Waals surface area contributed by atoms with Gasteiger partial charge in [-0.3, -0.25) is 25.2 Å². The number of aromatic nitrogens is 2. The van der Waals surface area contributed by atoms with Gasteiger partial charge in [-0.25, -0.2) is 4.68 Å². The lowest BCUT2D eigenvalue weighted by Gasteiger charge is -2.13. The van der Waals surface area contributed by atoms with Gasteiger partial charge in [-0.2, -0.15) is 5.10 Å². The number of carbonyl (C=O) groups excluding carboxylic acids is 2. The molecule has 0 saturated carbocycles. The summed E-state index contributed by atoms with van der Waals surface area (Å²) in [6.07, 6.45) is 1.52. The van der Waals surface area contributed by atoms with E-state index in [9.17, 15) is 14.4 Å². The molecule has 0 aliphatic heterocycles. The first-order valence-electron chi connectivity index (χ1n) is 8.88. The van der Waals surface area contributed by atoms with Crippen LogP contribution in [-0.2, 0) is 16.1 Å². The van der Waals surface area contributed by atoms with E-state index in [0.717, 1.165) is 0 Å². The van der Waals surface area contributed by atoms with Crippen LogP contribution < -0.4 is 21.7 Å². The average Bonchev–Trinajstić information content (AvgIpc) is 2.71. The highest BCUT2D eigenvalue weighted by molar-refractivity contribution is 7.80. The molecule has 0 saturated heterocycles. The number of benzene rings is 1. The van der Waals surface area contributed by atoms with Crippen LogP contribution in [0.5, 0.6) is 0 Å². The minimum absolute atomic E-state index is 0.129. The van der Waals surface area contributed by atoms with Crippen LogP contribution >= 0.6 is 12.2 Å². The Balaban J connectivity index is 2.03. The molecule has 9 nitrogen and oxygen atoms in total. The molecule has 0 atom stereocenters. The second-order valence-electron chi connectivity index (χ2n) is 5.94. The van der Waals surface area contributed by atoms with Crippen molar-refractivity contribution in [3.05, 3.63) is 40.3 Å². The van der Waals surface area contributed by atoms with Crippen molar-refractivity contribution in [1.29, 1.82) is 0 Å². The molecule has 0 fully saturated rings. The van der Waals surface area contributed by atoms with Gasteiger partial charge in [0.1, 0.15) is 0 Å². The molecule has 150 valence electrons. The lowest BCUT2D eigenvalue weighted by Crippen LogP contribution is -2.47. The van der Waals surface area contributed by atoms with Crippen LogP contribution in [0.15, 0.2) is 29.1 Å². The number of nitrogens with zero attached hydrogens (tertiary/aromatic N) is 2. The van der Waals surface area contributed by atoms with Crippen molar-refractivity contribution in [1.82, 2.24) is 25.9 Å². The molecule has 0 aliphatic rings. The zero-order chi connectivity index (χ0) is 20.5. The van der Waals surface area contributed by atoms with Crippen molar-refractivity contribution in [2.24, 2.45) is 0 Å². The number of esters is 1. The number of hydrogen-bond donors (Lipinski definition) is 3. The zero-order valence-electron chi connectivity index (χ0n) is 15.8. The van der Waals surface area contributed by atoms with Gasteiger partial charge in [0.15, 0.2) is 10.8 Å². The van der Waals surface area contributed by atoms with E-state index in [4.69, 9.17) is 12.2 Å². The molecule has 1 heterocycles. The molecule has 0 bridgehead atoms. The van der Waals surface area contributed by atoms with E-state index in [1.54, 1.807) is 24.3 Å². The Labute approximate surface area is 167 Å². The lowest BCUT2D eigenvalue weighted by atomic mass is 10.1. The summed E-state index contributed by atoms with van der Waals surface area (Å²) in [6.45, 7) is 2.78. The van der Waals surface area contributed by atoms with Crippen molar-refractivity contribution in [3.63, 3.8) is 0 Å². The number of rotatable bonds is 7. The number of nitrogens with one attached hydrogen (secondary N) is 3. The average molecular weight is 405 g/mol. The molecule has 1 aromatic heterocycles. The van der Waals surface area contributed by atoms with E-state index in [2.05, 4.69) is 26.0 Å². The topological polar surface area (TPSA) is 114 Å². The predicted molar refractivity (Wildman–Crippen MR) is 109 cm³/mol. The van der Waals surface area contributed by atoms with Gasteiger partial charge in [-0.1, -0.05) is 25.1 Å². The third-order valence-electron chi connectivity index (χ3n) is 3.88. The molecule has 2 aromatic rings. The summed E-state index contributed by atoms with van der Waals surface area (Å²) in [4.78, 5) is 36.1. The molecule has 28 heavy (non-hydrogen) atoms. The minimum Gasteiger partial charge on any atom is -0.469 e. The Morgan fingerprint density at radius 2 is 1.93 bits per heavy atom. The minimum atomic E-state index is -0.514. The first-order valence-corrected chi connectivity index (χ1v) is 9.29. The molecular formula is C18H23N5O4S. The molecule has 0 radical (unpaired) electrons. The first kappa shape index (κ1) is 21.3. The van der Waals surface area contributed by atoms with Gasteiger partial charge in [-0.05, 0) is 31.1 Å². The van der Waals surface area contributed by atoms with E-state index in [1.807, 2.05) is 6.92 Å². The third kappa shape index (κ3) is 5.49. The second kappa shape index (κ2) is 10.4. The number of thiocarbonyl (C=S) groups is 1. The molecule has 3 N–H and O–H groups in total. The molecule has 1 aromatic carbocycles. The van der Waals surface area contributed by atoms with Crippen molar-refractivity contribution < 1.29 is 14.3 Å². The maximum Gasteiger partial charge on any atom is 0.305 e. The fourth-order valence-corrected chi connectivity index (χ4v) is 2.67. The van der Waals surface area contributed by atoms with Gasteiger partial charge in [0.05, 0.1) is 12.5 Å². The second-order valence-corrected chi connectivity index (χ2v) is 6.35. The number of carbonyl (C=O) groups is 2. The number of hydrazine groups is 1. The molecule has 0 aliphatic carbocycles. The van der Waals surface area contributed by atoms with E-state index in [1.165, 1.54) is 11.8 Å². The Kier molecular flexibility index (Phi) is 7.88. The van der Waals surface area contributed by atoms with Crippen molar-refractivity contribution in [3.8, 4) is 0 Å². The van der Waals surface area contributed by atoms with Crippen molar-refractivity contribution in [2.45, 2.75) is 32.7 Å². The van der Waals surface area contributed by atoms with Crippen LogP contribution in [0.1, 0.15) is 36.7 Å². The van der Waals surface area contributed by atoms with Crippen molar-refractivity contribution >= 4 is 40.0 Å². The Morgan fingerprint density at radius 1 is 1.21 bits per heavy atom. The summed E-state index contributed by atoms with van der Waals surface area (Å²) in [5.74, 6) is -0.811. The van der Waals surface area contributed by atoms with Crippen LogP contribution in [0, 0.1) is 0 Å². The van der Waals surface area contributed by atoms with E-state index >= 15 is 0 Å². The Bertz CT molecular complexity index is 928. The fourth-order valence-electron chi connectivity index (χ4n) is 2.52. The highest BCUT2D eigenvalue weighted by atomic mass is 32.1. The van der Waals surface area contributed by atoms with Gasteiger partial charge in [0.2, 0.25) is 0 Å². The summed E-state index contributed by atoms with van der Waals surface area (Å²) in [6, 6.07) is 6.83. The maximum atomic E-state index is 12.6.